The van der Waals surface area contributed by atoms with Crippen molar-refractivity contribution in [1.82, 2.24) is 14.8 Å². The van der Waals surface area contributed by atoms with Crippen molar-refractivity contribution < 1.29 is 19.1 Å². The fourth-order valence-corrected chi connectivity index (χ4v) is 3.41. The van der Waals surface area contributed by atoms with Gasteiger partial charge < -0.3 is 19.4 Å². The minimum atomic E-state index is -0.401. The van der Waals surface area contributed by atoms with Crippen molar-refractivity contribution in [2.24, 2.45) is 0 Å². The number of aromatic nitrogens is 1. The van der Waals surface area contributed by atoms with Crippen LogP contribution < -0.4 is 5.32 Å². The van der Waals surface area contributed by atoms with E-state index in [1.807, 2.05) is 25.3 Å². The van der Waals surface area contributed by atoms with Gasteiger partial charge in [0, 0.05) is 44.0 Å². The number of methoxy groups -OCH3 is 1. The second-order valence-electron chi connectivity index (χ2n) is 6.22. The van der Waals surface area contributed by atoms with Crippen LogP contribution in [-0.4, -0.2) is 74.3 Å². The van der Waals surface area contributed by atoms with E-state index in [9.17, 15) is 9.59 Å². The second kappa shape index (κ2) is 9.12. The number of ketones is 1. The molecule has 0 aromatic carbocycles. The number of carbonyl (C=O) groups excluding carboxylic acids is 2. The molecule has 0 unspecified atom stereocenters. The molecule has 1 saturated heterocycles. The standard InChI is InChI=1S/C18H29N3O4/c1-5-21-14(3)16(13(2)17(21)18(23)24-4)15(22)12-19-6-7-20-8-10-25-11-9-20/h19H,5-12H2,1-4H3. The van der Waals surface area contributed by atoms with E-state index in [2.05, 4.69) is 10.2 Å². The molecule has 2 heterocycles. The zero-order chi connectivity index (χ0) is 18.4. The van der Waals surface area contributed by atoms with Gasteiger partial charge in [-0.15, -0.1) is 0 Å². The first-order chi connectivity index (χ1) is 12.0. The number of nitrogens with one attached hydrogen (secondary N) is 1. The minimum Gasteiger partial charge on any atom is -0.464 e. The largest absolute Gasteiger partial charge is 0.464 e. The Morgan fingerprint density at radius 3 is 2.52 bits per heavy atom. The van der Waals surface area contributed by atoms with Crippen molar-refractivity contribution in [2.45, 2.75) is 27.3 Å². The maximum atomic E-state index is 12.7. The zero-order valence-electron chi connectivity index (χ0n) is 15.7. The maximum absolute atomic E-state index is 12.7. The van der Waals surface area contributed by atoms with Crippen molar-refractivity contribution in [3.05, 3.63) is 22.5 Å². The third-order valence-electron chi connectivity index (χ3n) is 4.73. The van der Waals surface area contributed by atoms with Crippen LogP contribution in [0.25, 0.3) is 0 Å². The van der Waals surface area contributed by atoms with E-state index >= 15 is 0 Å². The van der Waals surface area contributed by atoms with Crippen molar-refractivity contribution in [3.8, 4) is 0 Å². The molecule has 0 amide bonds. The van der Waals surface area contributed by atoms with Gasteiger partial charge in [0.25, 0.3) is 0 Å². The van der Waals surface area contributed by atoms with Crippen molar-refractivity contribution in [1.29, 1.82) is 0 Å². The summed E-state index contributed by atoms with van der Waals surface area (Å²) in [6, 6.07) is 0. The van der Waals surface area contributed by atoms with Gasteiger partial charge >= 0.3 is 5.97 Å². The quantitative estimate of drug-likeness (QED) is 0.428. The molecule has 7 heteroatoms. The Morgan fingerprint density at radius 2 is 1.92 bits per heavy atom. The van der Waals surface area contributed by atoms with Gasteiger partial charge in [0.15, 0.2) is 5.78 Å². The van der Waals surface area contributed by atoms with E-state index in [0.717, 1.165) is 45.1 Å². The molecule has 1 fully saturated rings. The molecule has 0 spiro atoms. The highest BCUT2D eigenvalue weighted by Crippen LogP contribution is 2.23. The molecule has 1 aliphatic rings. The predicted molar refractivity (Wildman–Crippen MR) is 95.4 cm³/mol. The van der Waals surface area contributed by atoms with E-state index in [1.54, 1.807) is 0 Å². The van der Waals surface area contributed by atoms with Gasteiger partial charge in [-0.3, -0.25) is 9.69 Å². The van der Waals surface area contributed by atoms with Crippen LogP contribution in [0.2, 0.25) is 0 Å². The lowest BCUT2D eigenvalue weighted by atomic mass is 10.1. The van der Waals surface area contributed by atoms with E-state index < -0.39 is 5.97 Å². The van der Waals surface area contributed by atoms with Crippen LogP contribution in [0.3, 0.4) is 0 Å². The number of rotatable bonds is 8. The first kappa shape index (κ1) is 19.6. The Morgan fingerprint density at radius 1 is 1.24 bits per heavy atom. The van der Waals surface area contributed by atoms with Gasteiger partial charge in [-0.25, -0.2) is 4.79 Å². The lowest BCUT2D eigenvalue weighted by Gasteiger charge is -2.26. The molecule has 25 heavy (non-hydrogen) atoms. The van der Waals surface area contributed by atoms with Crippen molar-refractivity contribution in [2.75, 3.05) is 53.0 Å². The van der Waals surface area contributed by atoms with Gasteiger partial charge in [-0.1, -0.05) is 0 Å². The number of morpholine rings is 1. The Kier molecular flexibility index (Phi) is 7.16. The van der Waals surface area contributed by atoms with Crippen LogP contribution in [0.5, 0.6) is 0 Å². The van der Waals surface area contributed by atoms with Gasteiger partial charge in [0.05, 0.1) is 26.9 Å². The summed E-state index contributed by atoms with van der Waals surface area (Å²) in [7, 11) is 1.36. The average molecular weight is 351 g/mol. The van der Waals surface area contributed by atoms with E-state index in [1.165, 1.54) is 7.11 Å². The Balaban J connectivity index is 1.99. The molecule has 140 valence electrons. The molecule has 0 bridgehead atoms. The highest BCUT2D eigenvalue weighted by Gasteiger charge is 2.25. The molecule has 1 N–H and O–H groups in total. The number of esters is 1. The number of nitrogens with zero attached hydrogens (tertiary/aromatic N) is 2. The summed E-state index contributed by atoms with van der Waals surface area (Å²) in [5, 5.41) is 3.22. The predicted octanol–water partition coefficient (Wildman–Crippen LogP) is 1.02. The molecule has 1 aliphatic heterocycles. The third-order valence-corrected chi connectivity index (χ3v) is 4.73. The number of hydrogen-bond acceptors (Lipinski definition) is 6. The molecular weight excluding hydrogens is 322 g/mol. The normalized spacial score (nSPS) is 15.4. The Hall–Kier alpha value is -1.70. The van der Waals surface area contributed by atoms with Crippen LogP contribution in [0.15, 0.2) is 0 Å². The fourth-order valence-electron chi connectivity index (χ4n) is 3.41. The van der Waals surface area contributed by atoms with Crippen molar-refractivity contribution in [3.63, 3.8) is 0 Å². The third kappa shape index (κ3) is 4.48. The van der Waals surface area contributed by atoms with E-state index in [4.69, 9.17) is 9.47 Å². The number of Topliss-reactive ketones (excluding diaryl/α,β-unsaturated/α-hetero) is 1. The summed E-state index contributed by atoms with van der Waals surface area (Å²) in [6.07, 6.45) is 0. The fraction of sp³-hybridized carbons (Fsp3) is 0.667. The maximum Gasteiger partial charge on any atom is 0.354 e. The molecule has 7 nitrogen and oxygen atoms in total. The van der Waals surface area contributed by atoms with Gasteiger partial charge in [-0.2, -0.15) is 0 Å². The molecule has 2 rings (SSSR count). The lowest BCUT2D eigenvalue weighted by Crippen LogP contribution is -2.41. The number of hydrogen-bond donors (Lipinski definition) is 1. The van der Waals surface area contributed by atoms with Crippen LogP contribution in [0, 0.1) is 13.8 Å². The smallest absolute Gasteiger partial charge is 0.354 e. The summed E-state index contributed by atoms with van der Waals surface area (Å²) < 4.78 is 12.0. The van der Waals surface area contributed by atoms with Crippen molar-refractivity contribution >= 4 is 11.8 Å². The van der Waals surface area contributed by atoms with Gasteiger partial charge in [-0.05, 0) is 26.3 Å². The van der Waals surface area contributed by atoms with Crippen LogP contribution in [0.1, 0.15) is 39.0 Å². The highest BCUT2D eigenvalue weighted by atomic mass is 16.5. The summed E-state index contributed by atoms with van der Waals surface area (Å²) >= 11 is 0. The monoisotopic (exact) mass is 351 g/mol. The average Bonchev–Trinajstić information content (AvgIpc) is 2.88. The van der Waals surface area contributed by atoms with E-state index in [0.29, 0.717) is 23.4 Å². The zero-order valence-corrected chi connectivity index (χ0v) is 15.7. The van der Waals surface area contributed by atoms with E-state index in [-0.39, 0.29) is 12.3 Å². The van der Waals surface area contributed by atoms with Crippen LogP contribution in [0.4, 0.5) is 0 Å². The lowest BCUT2D eigenvalue weighted by molar-refractivity contribution is 0.0384. The second-order valence-corrected chi connectivity index (χ2v) is 6.22. The van der Waals surface area contributed by atoms with Gasteiger partial charge in [0.1, 0.15) is 5.69 Å². The number of carbonyl (C=O) groups is 2. The van der Waals surface area contributed by atoms with Crippen LogP contribution >= 0.6 is 0 Å². The molecule has 0 saturated carbocycles. The molecule has 0 atom stereocenters. The molecule has 1 aromatic rings. The topological polar surface area (TPSA) is 72.8 Å². The summed E-state index contributed by atoms with van der Waals surface area (Å²) in [4.78, 5) is 27.0. The first-order valence-electron chi connectivity index (χ1n) is 8.83. The SMILES string of the molecule is CCn1c(C)c(C(=O)CNCCN2CCOCC2)c(C)c1C(=O)OC. The molecular formula is C18H29N3O4. The summed E-state index contributed by atoms with van der Waals surface area (Å²) in [5.41, 5.74) is 2.62. The summed E-state index contributed by atoms with van der Waals surface area (Å²) in [5.74, 6) is -0.392. The summed E-state index contributed by atoms with van der Waals surface area (Å²) in [6.45, 7) is 11.6. The molecule has 0 radical (unpaired) electrons. The molecule has 0 aliphatic carbocycles. The highest BCUT2D eigenvalue weighted by molar-refractivity contribution is 6.03. The van der Waals surface area contributed by atoms with Crippen LogP contribution in [-0.2, 0) is 16.0 Å². The first-order valence-corrected chi connectivity index (χ1v) is 8.83. The Labute approximate surface area is 149 Å². The van der Waals surface area contributed by atoms with Gasteiger partial charge in [0.2, 0.25) is 0 Å². The molecule has 1 aromatic heterocycles. The Bertz CT molecular complexity index is 618. The minimum absolute atomic E-state index is 0.00864. The number of ether oxygens (including phenoxy) is 2.